The number of hydrogen-bond acceptors (Lipinski definition) is 3. The highest BCUT2D eigenvalue weighted by molar-refractivity contribution is 7.10. The number of nitrogens with zero attached hydrogens (tertiary/aromatic N) is 1. The molecule has 0 radical (unpaired) electrons. The maximum absolute atomic E-state index is 12.2. The van der Waals surface area contributed by atoms with Crippen molar-refractivity contribution in [3.8, 4) is 5.75 Å². The van der Waals surface area contributed by atoms with Gasteiger partial charge in [0.15, 0.2) is 0 Å². The maximum atomic E-state index is 12.2. The zero-order valence-corrected chi connectivity index (χ0v) is 13.2. The van der Waals surface area contributed by atoms with Gasteiger partial charge in [-0.25, -0.2) is 0 Å². The zero-order chi connectivity index (χ0) is 16.1. The van der Waals surface area contributed by atoms with Gasteiger partial charge >= 0.3 is 6.61 Å². The summed E-state index contributed by atoms with van der Waals surface area (Å²) in [5, 5.41) is 2.00. The summed E-state index contributed by atoms with van der Waals surface area (Å²) >= 11 is 1.63. The number of carbonyl (C=O) groups excluding carboxylic acids is 1. The predicted octanol–water partition coefficient (Wildman–Crippen LogP) is 3.86. The van der Waals surface area contributed by atoms with Crippen molar-refractivity contribution >= 4 is 17.2 Å². The Bertz CT molecular complexity index is 625. The molecule has 0 aliphatic rings. The summed E-state index contributed by atoms with van der Waals surface area (Å²) in [5.74, 6) is 0.0732. The van der Waals surface area contributed by atoms with Crippen LogP contribution in [0.2, 0.25) is 0 Å². The summed E-state index contributed by atoms with van der Waals surface area (Å²) in [6.07, 6.45) is 0.232. The Morgan fingerprint density at radius 1 is 1.27 bits per heavy atom. The van der Waals surface area contributed by atoms with Crippen LogP contribution >= 0.6 is 11.3 Å². The molecule has 1 heterocycles. The monoisotopic (exact) mass is 325 g/mol. The summed E-state index contributed by atoms with van der Waals surface area (Å²) in [5.41, 5.74) is 1.94. The molecule has 0 saturated carbocycles. The average Bonchev–Trinajstić information content (AvgIpc) is 2.86. The first-order valence-corrected chi connectivity index (χ1v) is 7.64. The molecule has 0 fully saturated rings. The van der Waals surface area contributed by atoms with Crippen LogP contribution in [0.5, 0.6) is 5.75 Å². The van der Waals surface area contributed by atoms with E-state index < -0.39 is 6.61 Å². The number of carbonyl (C=O) groups is 1. The number of rotatable bonds is 6. The van der Waals surface area contributed by atoms with Crippen molar-refractivity contribution in [2.45, 2.75) is 26.5 Å². The topological polar surface area (TPSA) is 29.5 Å². The number of alkyl halides is 2. The standard InChI is InChI=1S/C16H17F2NO2S/c1-11-7-8-22-14(11)10-19(2)15(20)9-12-3-5-13(6-4-12)21-16(17)18/h3-8,16H,9-10H2,1-2H3. The molecule has 118 valence electrons. The Balaban J connectivity index is 1.92. The van der Waals surface area contributed by atoms with E-state index in [1.165, 1.54) is 17.7 Å². The fourth-order valence-electron chi connectivity index (χ4n) is 1.97. The molecular formula is C16H17F2NO2S. The van der Waals surface area contributed by atoms with Gasteiger partial charge in [0.2, 0.25) is 5.91 Å². The van der Waals surface area contributed by atoms with Crippen LogP contribution < -0.4 is 4.74 Å². The van der Waals surface area contributed by atoms with E-state index in [0.29, 0.717) is 6.54 Å². The molecule has 0 spiro atoms. The first-order valence-electron chi connectivity index (χ1n) is 6.76. The molecule has 0 bridgehead atoms. The van der Waals surface area contributed by atoms with Gasteiger partial charge in [0.05, 0.1) is 13.0 Å². The van der Waals surface area contributed by atoms with Crippen molar-refractivity contribution in [3.05, 3.63) is 51.7 Å². The molecule has 0 saturated heterocycles. The Morgan fingerprint density at radius 3 is 2.50 bits per heavy atom. The van der Waals surface area contributed by atoms with Gasteiger partial charge in [-0.05, 0) is 41.6 Å². The van der Waals surface area contributed by atoms with Gasteiger partial charge in [0.25, 0.3) is 0 Å². The maximum Gasteiger partial charge on any atom is 0.387 e. The van der Waals surface area contributed by atoms with Gasteiger partial charge in [-0.15, -0.1) is 11.3 Å². The molecular weight excluding hydrogens is 308 g/mol. The molecule has 0 aliphatic carbocycles. The summed E-state index contributed by atoms with van der Waals surface area (Å²) in [6, 6.07) is 8.16. The zero-order valence-electron chi connectivity index (χ0n) is 12.4. The Hall–Kier alpha value is -1.95. The number of ether oxygens (including phenoxy) is 1. The van der Waals surface area contributed by atoms with Crippen LogP contribution in [0.15, 0.2) is 35.7 Å². The van der Waals surface area contributed by atoms with E-state index in [2.05, 4.69) is 4.74 Å². The lowest BCUT2D eigenvalue weighted by Crippen LogP contribution is -2.27. The molecule has 0 atom stereocenters. The van der Waals surface area contributed by atoms with Crippen molar-refractivity contribution < 1.29 is 18.3 Å². The first kappa shape index (κ1) is 16.4. The average molecular weight is 325 g/mol. The van der Waals surface area contributed by atoms with E-state index >= 15 is 0 Å². The quantitative estimate of drug-likeness (QED) is 0.807. The summed E-state index contributed by atoms with van der Waals surface area (Å²) < 4.78 is 28.4. The lowest BCUT2D eigenvalue weighted by Gasteiger charge is -2.17. The fraction of sp³-hybridized carbons (Fsp3) is 0.312. The summed E-state index contributed by atoms with van der Waals surface area (Å²) in [4.78, 5) is 15.0. The van der Waals surface area contributed by atoms with E-state index in [0.717, 1.165) is 10.4 Å². The van der Waals surface area contributed by atoms with E-state index in [4.69, 9.17) is 0 Å². The van der Waals surface area contributed by atoms with Gasteiger partial charge < -0.3 is 9.64 Å². The first-order chi connectivity index (χ1) is 10.5. The van der Waals surface area contributed by atoms with Crippen LogP contribution in [-0.2, 0) is 17.8 Å². The third kappa shape index (κ3) is 4.53. The minimum Gasteiger partial charge on any atom is -0.435 e. The molecule has 0 aliphatic heterocycles. The van der Waals surface area contributed by atoms with Crippen molar-refractivity contribution in [1.82, 2.24) is 4.90 Å². The van der Waals surface area contributed by atoms with Gasteiger partial charge in [0.1, 0.15) is 5.75 Å². The number of hydrogen-bond donors (Lipinski definition) is 0. The second kappa shape index (κ2) is 7.35. The largest absolute Gasteiger partial charge is 0.435 e. The van der Waals surface area contributed by atoms with Crippen molar-refractivity contribution in [2.75, 3.05) is 7.05 Å². The molecule has 0 N–H and O–H groups in total. The molecule has 2 rings (SSSR count). The number of benzene rings is 1. The van der Waals surface area contributed by atoms with E-state index in [-0.39, 0.29) is 18.1 Å². The molecule has 22 heavy (non-hydrogen) atoms. The smallest absolute Gasteiger partial charge is 0.387 e. The van der Waals surface area contributed by atoms with Crippen LogP contribution in [0.3, 0.4) is 0 Å². The van der Waals surface area contributed by atoms with Crippen molar-refractivity contribution in [2.24, 2.45) is 0 Å². The Labute approximate surface area is 132 Å². The highest BCUT2D eigenvalue weighted by atomic mass is 32.1. The Morgan fingerprint density at radius 2 is 1.95 bits per heavy atom. The number of halogens is 2. The molecule has 0 unspecified atom stereocenters. The van der Waals surface area contributed by atoms with Crippen molar-refractivity contribution in [3.63, 3.8) is 0 Å². The predicted molar refractivity (Wildman–Crippen MR) is 82.3 cm³/mol. The normalized spacial score (nSPS) is 10.8. The second-order valence-corrected chi connectivity index (χ2v) is 5.98. The van der Waals surface area contributed by atoms with Crippen LogP contribution in [0, 0.1) is 6.92 Å². The van der Waals surface area contributed by atoms with Crippen LogP contribution in [0.25, 0.3) is 0 Å². The van der Waals surface area contributed by atoms with Gasteiger partial charge in [-0.2, -0.15) is 8.78 Å². The molecule has 3 nitrogen and oxygen atoms in total. The molecule has 1 aromatic heterocycles. The van der Waals surface area contributed by atoms with E-state index in [9.17, 15) is 13.6 Å². The molecule has 2 aromatic rings. The number of amides is 1. The van der Waals surface area contributed by atoms with Crippen LogP contribution in [-0.4, -0.2) is 24.5 Å². The molecule has 6 heteroatoms. The lowest BCUT2D eigenvalue weighted by molar-refractivity contribution is -0.129. The summed E-state index contributed by atoms with van der Waals surface area (Å²) in [6.45, 7) is -0.242. The highest BCUT2D eigenvalue weighted by Crippen LogP contribution is 2.18. The van der Waals surface area contributed by atoms with Crippen LogP contribution in [0.4, 0.5) is 8.78 Å². The molecule has 1 aromatic carbocycles. The second-order valence-electron chi connectivity index (χ2n) is 4.98. The fourth-order valence-corrected chi connectivity index (χ4v) is 2.93. The van der Waals surface area contributed by atoms with Gasteiger partial charge in [-0.3, -0.25) is 4.79 Å². The van der Waals surface area contributed by atoms with Gasteiger partial charge in [-0.1, -0.05) is 12.1 Å². The summed E-state index contributed by atoms with van der Waals surface area (Å²) in [7, 11) is 1.76. The molecule has 1 amide bonds. The van der Waals surface area contributed by atoms with Crippen molar-refractivity contribution in [1.29, 1.82) is 0 Å². The SMILES string of the molecule is Cc1ccsc1CN(C)C(=O)Cc1ccc(OC(F)F)cc1. The minimum absolute atomic E-state index is 0.0182. The Kier molecular flexibility index (Phi) is 5.49. The lowest BCUT2D eigenvalue weighted by atomic mass is 10.1. The van der Waals surface area contributed by atoms with Crippen LogP contribution in [0.1, 0.15) is 16.0 Å². The number of likely N-dealkylation sites (N-methyl/N-ethyl adjacent to an activating group) is 1. The van der Waals surface area contributed by atoms with Gasteiger partial charge in [0, 0.05) is 11.9 Å². The minimum atomic E-state index is -2.84. The number of thiophene rings is 1. The third-order valence-corrected chi connectivity index (χ3v) is 4.29. The number of aryl methyl sites for hydroxylation is 1. The highest BCUT2D eigenvalue weighted by Gasteiger charge is 2.12. The van der Waals surface area contributed by atoms with E-state index in [1.54, 1.807) is 35.4 Å². The van der Waals surface area contributed by atoms with E-state index in [1.807, 2.05) is 18.4 Å². The third-order valence-electron chi connectivity index (χ3n) is 3.28.